The van der Waals surface area contributed by atoms with Crippen LogP contribution in [-0.2, 0) is 11.2 Å². The van der Waals surface area contributed by atoms with Gasteiger partial charge in [-0.15, -0.1) is 0 Å². The van der Waals surface area contributed by atoms with Crippen molar-refractivity contribution in [1.82, 2.24) is 19.6 Å². The molecular formula is C20H28N4O. The average molecular weight is 340 g/mol. The van der Waals surface area contributed by atoms with Crippen LogP contribution in [0.5, 0.6) is 0 Å². The van der Waals surface area contributed by atoms with Gasteiger partial charge in [0.05, 0.1) is 11.4 Å². The summed E-state index contributed by atoms with van der Waals surface area (Å²) in [6, 6.07) is 10.4. The molecule has 1 aliphatic heterocycles. The highest BCUT2D eigenvalue weighted by Crippen LogP contribution is 2.14. The Hall–Kier alpha value is -2.14. The molecule has 5 heteroatoms. The molecule has 0 spiro atoms. The van der Waals surface area contributed by atoms with Crippen molar-refractivity contribution >= 4 is 5.91 Å². The molecule has 2 aromatic rings. The standard InChI is InChI=1S/C20H28N4O/c1-4-22-11-13-23(14-12-22)20(25)10-7-18-5-8-19(9-6-18)24-17(3)15-16(2)21-24/h5-6,8-9,15H,4,7,10-14H2,1-3H3. The SMILES string of the molecule is CCN1CCN(C(=O)CCc2ccc(-n3nc(C)cc3C)cc2)CC1. The second-order valence-corrected chi connectivity index (χ2v) is 6.82. The number of aromatic nitrogens is 2. The molecule has 2 heterocycles. The number of piperazine rings is 1. The van der Waals surface area contributed by atoms with Gasteiger partial charge in [-0.25, -0.2) is 4.68 Å². The van der Waals surface area contributed by atoms with E-state index in [0.29, 0.717) is 6.42 Å². The van der Waals surface area contributed by atoms with E-state index in [0.717, 1.165) is 56.2 Å². The molecule has 0 unspecified atom stereocenters. The fourth-order valence-corrected chi connectivity index (χ4v) is 3.42. The normalized spacial score (nSPS) is 15.6. The number of hydrogen-bond acceptors (Lipinski definition) is 3. The van der Waals surface area contributed by atoms with Gasteiger partial charge < -0.3 is 9.80 Å². The maximum atomic E-state index is 12.4. The Morgan fingerprint density at radius 3 is 2.32 bits per heavy atom. The Kier molecular flexibility index (Phi) is 5.53. The third kappa shape index (κ3) is 4.28. The molecule has 0 atom stereocenters. The Labute approximate surface area is 150 Å². The van der Waals surface area contributed by atoms with Crippen LogP contribution in [0.2, 0.25) is 0 Å². The predicted octanol–water partition coefficient (Wildman–Crippen LogP) is 2.59. The molecule has 1 saturated heterocycles. The first-order valence-electron chi connectivity index (χ1n) is 9.19. The van der Waals surface area contributed by atoms with Gasteiger partial charge in [-0.05, 0) is 50.6 Å². The van der Waals surface area contributed by atoms with Crippen LogP contribution in [0.25, 0.3) is 5.69 Å². The lowest BCUT2D eigenvalue weighted by atomic mass is 10.1. The van der Waals surface area contributed by atoms with E-state index >= 15 is 0 Å². The van der Waals surface area contributed by atoms with Crippen molar-refractivity contribution in [3.63, 3.8) is 0 Å². The Morgan fingerprint density at radius 1 is 1.08 bits per heavy atom. The summed E-state index contributed by atoms with van der Waals surface area (Å²) in [6.07, 6.45) is 1.38. The summed E-state index contributed by atoms with van der Waals surface area (Å²) in [5.41, 5.74) is 4.42. The molecule has 0 saturated carbocycles. The molecule has 0 N–H and O–H groups in total. The molecule has 1 fully saturated rings. The van der Waals surface area contributed by atoms with E-state index < -0.39 is 0 Å². The number of carbonyl (C=O) groups is 1. The molecule has 134 valence electrons. The van der Waals surface area contributed by atoms with Crippen LogP contribution in [-0.4, -0.2) is 58.2 Å². The summed E-state index contributed by atoms with van der Waals surface area (Å²) in [7, 11) is 0. The number of benzene rings is 1. The van der Waals surface area contributed by atoms with Crippen molar-refractivity contribution in [2.45, 2.75) is 33.6 Å². The fourth-order valence-electron chi connectivity index (χ4n) is 3.42. The Morgan fingerprint density at radius 2 is 1.76 bits per heavy atom. The maximum absolute atomic E-state index is 12.4. The minimum atomic E-state index is 0.276. The number of likely N-dealkylation sites (N-methyl/N-ethyl adjacent to an activating group) is 1. The number of hydrogen-bond donors (Lipinski definition) is 0. The lowest BCUT2D eigenvalue weighted by Crippen LogP contribution is -2.48. The average Bonchev–Trinajstić information content (AvgIpc) is 2.98. The minimum Gasteiger partial charge on any atom is -0.340 e. The molecule has 0 radical (unpaired) electrons. The summed E-state index contributed by atoms with van der Waals surface area (Å²) < 4.78 is 1.96. The van der Waals surface area contributed by atoms with Gasteiger partial charge in [0.25, 0.3) is 0 Å². The summed E-state index contributed by atoms with van der Waals surface area (Å²) in [6.45, 7) is 11.0. The highest BCUT2D eigenvalue weighted by molar-refractivity contribution is 5.76. The number of rotatable bonds is 5. The second kappa shape index (κ2) is 7.83. The van der Waals surface area contributed by atoms with Crippen molar-refractivity contribution in [3.8, 4) is 5.69 Å². The van der Waals surface area contributed by atoms with E-state index in [9.17, 15) is 4.79 Å². The fraction of sp³-hybridized carbons (Fsp3) is 0.500. The van der Waals surface area contributed by atoms with Crippen molar-refractivity contribution in [1.29, 1.82) is 0 Å². The first-order chi connectivity index (χ1) is 12.1. The molecule has 25 heavy (non-hydrogen) atoms. The van der Waals surface area contributed by atoms with Gasteiger partial charge in [0.1, 0.15) is 0 Å². The molecule has 1 amide bonds. The summed E-state index contributed by atoms with van der Waals surface area (Å²) >= 11 is 0. The van der Waals surface area contributed by atoms with Crippen LogP contribution < -0.4 is 0 Å². The number of nitrogens with zero attached hydrogens (tertiary/aromatic N) is 4. The van der Waals surface area contributed by atoms with Crippen LogP contribution in [0, 0.1) is 13.8 Å². The third-order valence-electron chi connectivity index (χ3n) is 4.99. The van der Waals surface area contributed by atoms with Crippen molar-refractivity contribution in [2.75, 3.05) is 32.7 Å². The smallest absolute Gasteiger partial charge is 0.222 e. The lowest BCUT2D eigenvalue weighted by Gasteiger charge is -2.34. The van der Waals surface area contributed by atoms with Gasteiger partial charge in [0, 0.05) is 38.3 Å². The Balaban J connectivity index is 1.54. The van der Waals surface area contributed by atoms with E-state index in [2.05, 4.69) is 54.2 Å². The van der Waals surface area contributed by atoms with Gasteiger partial charge in [0.15, 0.2) is 0 Å². The van der Waals surface area contributed by atoms with Gasteiger partial charge >= 0.3 is 0 Å². The summed E-state index contributed by atoms with van der Waals surface area (Å²) in [5.74, 6) is 0.276. The number of amides is 1. The lowest BCUT2D eigenvalue weighted by molar-refractivity contribution is -0.132. The molecule has 3 rings (SSSR count). The highest BCUT2D eigenvalue weighted by Gasteiger charge is 2.19. The first kappa shape index (κ1) is 17.7. The largest absolute Gasteiger partial charge is 0.340 e. The number of aryl methyl sites for hydroxylation is 3. The summed E-state index contributed by atoms with van der Waals surface area (Å²) in [5, 5.41) is 4.51. The van der Waals surface area contributed by atoms with Crippen LogP contribution in [0.4, 0.5) is 0 Å². The van der Waals surface area contributed by atoms with Crippen LogP contribution >= 0.6 is 0 Å². The van der Waals surface area contributed by atoms with Crippen molar-refractivity contribution in [3.05, 3.63) is 47.3 Å². The predicted molar refractivity (Wildman–Crippen MR) is 100 cm³/mol. The van der Waals surface area contributed by atoms with E-state index in [1.54, 1.807) is 0 Å². The zero-order valence-corrected chi connectivity index (χ0v) is 15.5. The zero-order chi connectivity index (χ0) is 17.8. The van der Waals surface area contributed by atoms with Gasteiger partial charge in [0.2, 0.25) is 5.91 Å². The highest BCUT2D eigenvalue weighted by atomic mass is 16.2. The van der Waals surface area contributed by atoms with Gasteiger partial charge in [-0.1, -0.05) is 19.1 Å². The van der Waals surface area contributed by atoms with Gasteiger partial charge in [-0.3, -0.25) is 4.79 Å². The minimum absolute atomic E-state index is 0.276. The molecule has 5 nitrogen and oxygen atoms in total. The topological polar surface area (TPSA) is 41.4 Å². The number of carbonyl (C=O) groups excluding carboxylic acids is 1. The zero-order valence-electron chi connectivity index (χ0n) is 15.5. The third-order valence-corrected chi connectivity index (χ3v) is 4.99. The van der Waals surface area contributed by atoms with Gasteiger partial charge in [-0.2, -0.15) is 5.10 Å². The van der Waals surface area contributed by atoms with Crippen molar-refractivity contribution in [2.24, 2.45) is 0 Å². The molecule has 0 aliphatic carbocycles. The molecule has 1 aromatic carbocycles. The monoisotopic (exact) mass is 340 g/mol. The molecule has 1 aromatic heterocycles. The van der Waals surface area contributed by atoms with Crippen molar-refractivity contribution < 1.29 is 4.79 Å². The van der Waals surface area contributed by atoms with Crippen LogP contribution in [0.1, 0.15) is 30.3 Å². The maximum Gasteiger partial charge on any atom is 0.222 e. The Bertz CT molecular complexity index is 712. The van der Waals surface area contributed by atoms with E-state index in [4.69, 9.17) is 0 Å². The van der Waals surface area contributed by atoms with Crippen LogP contribution in [0.3, 0.4) is 0 Å². The van der Waals surface area contributed by atoms with E-state index in [1.165, 1.54) is 5.56 Å². The van der Waals surface area contributed by atoms with Crippen LogP contribution in [0.15, 0.2) is 30.3 Å². The molecule has 1 aliphatic rings. The molecular weight excluding hydrogens is 312 g/mol. The summed E-state index contributed by atoms with van der Waals surface area (Å²) in [4.78, 5) is 16.8. The first-order valence-corrected chi connectivity index (χ1v) is 9.19. The van der Waals surface area contributed by atoms with E-state index in [1.807, 2.05) is 16.5 Å². The van der Waals surface area contributed by atoms with E-state index in [-0.39, 0.29) is 5.91 Å². The quantitative estimate of drug-likeness (QED) is 0.840. The second-order valence-electron chi connectivity index (χ2n) is 6.82. The molecule has 0 bridgehead atoms.